The SMILES string of the molecule is CCC(C(=O)O)N(C)C(=O)NC(C)(C)CC(C)(C)C. The van der Waals surface area contributed by atoms with Crippen LogP contribution in [0.3, 0.4) is 0 Å². The highest BCUT2D eigenvalue weighted by atomic mass is 16.4. The molecule has 5 heteroatoms. The van der Waals surface area contributed by atoms with Crippen LogP contribution in [0.2, 0.25) is 0 Å². The number of likely N-dealkylation sites (N-methyl/N-ethyl adjacent to an activating group) is 1. The molecule has 0 saturated heterocycles. The maximum atomic E-state index is 12.1. The van der Waals surface area contributed by atoms with Crippen molar-refractivity contribution < 1.29 is 14.7 Å². The van der Waals surface area contributed by atoms with Crippen molar-refractivity contribution in [2.45, 2.75) is 66.0 Å². The van der Waals surface area contributed by atoms with Gasteiger partial charge in [-0.05, 0) is 32.1 Å². The summed E-state index contributed by atoms with van der Waals surface area (Å²) in [6, 6.07) is -1.13. The number of aliphatic carboxylic acids is 1. The fourth-order valence-electron chi connectivity index (χ4n) is 2.50. The fraction of sp³-hybridized carbons (Fsp3) is 0.857. The number of carboxylic acid groups (broad SMARTS) is 1. The first kappa shape index (κ1) is 17.7. The minimum atomic E-state index is -0.978. The predicted molar refractivity (Wildman–Crippen MR) is 76.2 cm³/mol. The van der Waals surface area contributed by atoms with Crippen LogP contribution in [-0.2, 0) is 4.79 Å². The quantitative estimate of drug-likeness (QED) is 0.808. The van der Waals surface area contributed by atoms with Crippen LogP contribution in [0, 0.1) is 5.41 Å². The molecule has 0 aromatic heterocycles. The molecule has 0 radical (unpaired) electrons. The molecule has 0 saturated carbocycles. The van der Waals surface area contributed by atoms with Crippen LogP contribution in [0.5, 0.6) is 0 Å². The molecule has 0 aromatic rings. The molecule has 1 unspecified atom stereocenters. The van der Waals surface area contributed by atoms with E-state index in [0.29, 0.717) is 6.42 Å². The molecule has 0 rings (SSSR count). The minimum Gasteiger partial charge on any atom is -0.480 e. The highest BCUT2D eigenvalue weighted by molar-refractivity contribution is 5.82. The van der Waals surface area contributed by atoms with Gasteiger partial charge in [-0.1, -0.05) is 27.7 Å². The van der Waals surface area contributed by atoms with E-state index in [1.807, 2.05) is 13.8 Å². The van der Waals surface area contributed by atoms with E-state index in [9.17, 15) is 9.59 Å². The van der Waals surface area contributed by atoms with Crippen LogP contribution in [0.25, 0.3) is 0 Å². The van der Waals surface area contributed by atoms with Crippen LogP contribution < -0.4 is 5.32 Å². The minimum absolute atomic E-state index is 0.0896. The van der Waals surface area contributed by atoms with Crippen molar-refractivity contribution in [3.8, 4) is 0 Å². The van der Waals surface area contributed by atoms with E-state index in [1.54, 1.807) is 6.92 Å². The van der Waals surface area contributed by atoms with Gasteiger partial charge in [-0.3, -0.25) is 0 Å². The van der Waals surface area contributed by atoms with Crippen LogP contribution in [0.1, 0.15) is 54.4 Å². The zero-order valence-electron chi connectivity index (χ0n) is 13.2. The molecular weight excluding hydrogens is 244 g/mol. The molecule has 0 heterocycles. The van der Waals surface area contributed by atoms with Crippen LogP contribution in [0.15, 0.2) is 0 Å². The number of carbonyl (C=O) groups excluding carboxylic acids is 1. The lowest BCUT2D eigenvalue weighted by atomic mass is 9.82. The number of amides is 2. The van der Waals surface area contributed by atoms with Gasteiger partial charge in [0.05, 0.1) is 0 Å². The maximum absolute atomic E-state index is 12.1. The molecule has 5 nitrogen and oxygen atoms in total. The predicted octanol–water partition coefficient (Wildman–Crippen LogP) is 2.71. The highest BCUT2D eigenvalue weighted by Gasteiger charge is 2.31. The summed E-state index contributed by atoms with van der Waals surface area (Å²) in [7, 11) is 1.52. The molecule has 19 heavy (non-hydrogen) atoms. The Hall–Kier alpha value is -1.26. The molecule has 1 atom stereocenters. The normalized spacial score (nSPS) is 13.8. The third-order valence-corrected chi connectivity index (χ3v) is 2.88. The molecule has 0 fully saturated rings. The van der Waals surface area contributed by atoms with Crippen molar-refractivity contribution in [1.29, 1.82) is 0 Å². The molecule has 0 aliphatic carbocycles. The summed E-state index contributed by atoms with van der Waals surface area (Å²) in [5, 5.41) is 12.0. The second-order valence-corrected chi connectivity index (χ2v) is 6.92. The number of nitrogens with one attached hydrogen (secondary N) is 1. The van der Waals surface area contributed by atoms with E-state index in [1.165, 1.54) is 11.9 Å². The van der Waals surface area contributed by atoms with Gasteiger partial charge in [-0.2, -0.15) is 0 Å². The molecule has 0 bridgehead atoms. The molecule has 112 valence electrons. The summed E-state index contributed by atoms with van der Waals surface area (Å²) in [5.41, 5.74) is -0.285. The van der Waals surface area contributed by atoms with Gasteiger partial charge in [0.25, 0.3) is 0 Å². The van der Waals surface area contributed by atoms with Crippen LogP contribution >= 0.6 is 0 Å². The van der Waals surface area contributed by atoms with Gasteiger partial charge in [-0.25, -0.2) is 9.59 Å². The Bertz CT molecular complexity index is 332. The standard InChI is InChI=1S/C14H28N2O3/c1-8-10(11(17)18)16(7)12(19)15-14(5,6)9-13(2,3)4/h10H,8-9H2,1-7H3,(H,15,19)(H,17,18). The molecule has 0 aliphatic heterocycles. The van der Waals surface area contributed by atoms with Gasteiger partial charge >= 0.3 is 12.0 Å². The van der Waals surface area contributed by atoms with E-state index in [2.05, 4.69) is 26.1 Å². The van der Waals surface area contributed by atoms with Crippen molar-refractivity contribution >= 4 is 12.0 Å². The van der Waals surface area contributed by atoms with Crippen molar-refractivity contribution in [2.24, 2.45) is 5.41 Å². The first-order valence-electron chi connectivity index (χ1n) is 6.67. The van der Waals surface area contributed by atoms with E-state index in [-0.39, 0.29) is 17.0 Å². The van der Waals surface area contributed by atoms with Gasteiger partial charge in [0, 0.05) is 12.6 Å². The molecule has 0 spiro atoms. The number of hydrogen-bond donors (Lipinski definition) is 2. The van der Waals surface area contributed by atoms with Crippen molar-refractivity contribution in [3.05, 3.63) is 0 Å². The van der Waals surface area contributed by atoms with Gasteiger partial charge in [0.1, 0.15) is 6.04 Å². The number of hydrogen-bond acceptors (Lipinski definition) is 2. The lowest BCUT2D eigenvalue weighted by molar-refractivity contribution is -0.141. The van der Waals surface area contributed by atoms with Crippen LogP contribution in [0.4, 0.5) is 4.79 Å². The van der Waals surface area contributed by atoms with Crippen molar-refractivity contribution in [3.63, 3.8) is 0 Å². The average Bonchev–Trinajstić information content (AvgIpc) is 2.12. The Labute approximate surface area is 116 Å². The summed E-state index contributed by atoms with van der Waals surface area (Å²) in [6.45, 7) is 12.0. The number of urea groups is 1. The van der Waals surface area contributed by atoms with Gasteiger partial charge < -0.3 is 15.3 Å². The third-order valence-electron chi connectivity index (χ3n) is 2.88. The first-order valence-corrected chi connectivity index (χ1v) is 6.67. The van der Waals surface area contributed by atoms with Gasteiger partial charge in [0.15, 0.2) is 0 Å². The maximum Gasteiger partial charge on any atom is 0.326 e. The van der Waals surface area contributed by atoms with E-state index >= 15 is 0 Å². The smallest absolute Gasteiger partial charge is 0.326 e. The third kappa shape index (κ3) is 6.45. The van der Waals surface area contributed by atoms with E-state index < -0.39 is 12.0 Å². The number of carbonyl (C=O) groups is 2. The van der Waals surface area contributed by atoms with Crippen molar-refractivity contribution in [1.82, 2.24) is 10.2 Å². The summed E-state index contributed by atoms with van der Waals surface area (Å²) in [4.78, 5) is 24.4. The van der Waals surface area contributed by atoms with Crippen LogP contribution in [-0.4, -0.2) is 40.6 Å². The summed E-state index contributed by atoms with van der Waals surface area (Å²) in [5.74, 6) is -0.978. The summed E-state index contributed by atoms with van der Waals surface area (Å²) >= 11 is 0. The second kappa shape index (κ2) is 6.26. The fourth-order valence-corrected chi connectivity index (χ4v) is 2.50. The topological polar surface area (TPSA) is 69.6 Å². The molecule has 0 aromatic carbocycles. The zero-order valence-corrected chi connectivity index (χ0v) is 13.2. The van der Waals surface area contributed by atoms with Gasteiger partial charge in [0.2, 0.25) is 0 Å². The average molecular weight is 272 g/mol. The van der Waals surface area contributed by atoms with E-state index in [0.717, 1.165) is 6.42 Å². The molecule has 2 N–H and O–H groups in total. The number of carboxylic acids is 1. The lowest BCUT2D eigenvalue weighted by Gasteiger charge is -2.35. The summed E-state index contributed by atoms with van der Waals surface area (Å²) in [6.07, 6.45) is 1.20. The Morgan fingerprint density at radius 2 is 1.68 bits per heavy atom. The molecule has 0 aliphatic rings. The highest BCUT2D eigenvalue weighted by Crippen LogP contribution is 2.26. The Balaban J connectivity index is 4.72. The Kier molecular flexibility index (Phi) is 5.84. The van der Waals surface area contributed by atoms with Gasteiger partial charge in [-0.15, -0.1) is 0 Å². The monoisotopic (exact) mass is 272 g/mol. The lowest BCUT2D eigenvalue weighted by Crippen LogP contribution is -2.54. The molecule has 2 amide bonds. The molecular formula is C14H28N2O3. The Morgan fingerprint density at radius 1 is 1.21 bits per heavy atom. The van der Waals surface area contributed by atoms with E-state index in [4.69, 9.17) is 5.11 Å². The number of rotatable bonds is 5. The second-order valence-electron chi connectivity index (χ2n) is 6.92. The zero-order chi connectivity index (χ0) is 15.4. The summed E-state index contributed by atoms with van der Waals surface area (Å²) < 4.78 is 0. The first-order chi connectivity index (χ1) is 8.39. The number of nitrogens with zero attached hydrogens (tertiary/aromatic N) is 1. The Morgan fingerprint density at radius 3 is 2.00 bits per heavy atom. The largest absolute Gasteiger partial charge is 0.480 e. The van der Waals surface area contributed by atoms with Crippen molar-refractivity contribution in [2.75, 3.05) is 7.05 Å².